The molecule has 0 unspecified atom stereocenters. The van der Waals surface area contributed by atoms with E-state index in [9.17, 15) is 0 Å². The quantitative estimate of drug-likeness (QED) is 0.696. The predicted molar refractivity (Wildman–Crippen MR) is 61.6 cm³/mol. The number of hydrogen-bond acceptors (Lipinski definition) is 1. The van der Waals surface area contributed by atoms with E-state index in [4.69, 9.17) is 27.9 Å². The Balaban J connectivity index is 2.72. The van der Waals surface area contributed by atoms with E-state index >= 15 is 0 Å². The zero-order chi connectivity index (χ0) is 10.6. The van der Waals surface area contributed by atoms with Crippen molar-refractivity contribution in [1.82, 2.24) is 0 Å². The summed E-state index contributed by atoms with van der Waals surface area (Å²) in [5.74, 6) is 0.724. The van der Waals surface area contributed by atoms with E-state index in [1.807, 2.05) is 13.0 Å². The lowest BCUT2D eigenvalue weighted by Gasteiger charge is -2.09. The topological polar surface area (TPSA) is 9.23 Å². The van der Waals surface area contributed by atoms with Crippen molar-refractivity contribution in [2.24, 2.45) is 0 Å². The highest BCUT2D eigenvalue weighted by Crippen LogP contribution is 2.30. The predicted octanol–water partition coefficient (Wildman–Crippen LogP) is 4.48. The van der Waals surface area contributed by atoms with Gasteiger partial charge in [-0.25, -0.2) is 0 Å². The Morgan fingerprint density at radius 2 is 1.93 bits per heavy atom. The fourth-order valence-electron chi connectivity index (χ4n) is 1.07. The molecule has 0 aromatic heterocycles. The molecule has 1 aromatic rings. The third-order valence-electron chi connectivity index (χ3n) is 1.97. The third-order valence-corrected chi connectivity index (χ3v) is 2.67. The second-order valence-corrected chi connectivity index (χ2v) is 4.05. The lowest BCUT2D eigenvalue weighted by Crippen LogP contribution is -1.97. The van der Waals surface area contributed by atoms with E-state index in [-0.39, 0.29) is 0 Å². The molecule has 0 fully saturated rings. The molecule has 0 radical (unpaired) electrons. The highest BCUT2D eigenvalue weighted by molar-refractivity contribution is 6.35. The summed E-state index contributed by atoms with van der Waals surface area (Å²) in [5, 5.41) is 1.26. The van der Waals surface area contributed by atoms with Crippen LogP contribution in [0.2, 0.25) is 10.0 Å². The summed E-state index contributed by atoms with van der Waals surface area (Å²) in [5.41, 5.74) is 0.988. The number of aryl methyl sites for hydroxylation is 1. The van der Waals surface area contributed by atoms with Crippen LogP contribution in [-0.4, -0.2) is 6.61 Å². The maximum Gasteiger partial charge on any atom is 0.138 e. The molecule has 0 aliphatic carbocycles. The van der Waals surface area contributed by atoms with E-state index < -0.39 is 0 Å². The van der Waals surface area contributed by atoms with Gasteiger partial charge in [0.1, 0.15) is 5.75 Å². The van der Waals surface area contributed by atoms with E-state index in [0.29, 0.717) is 16.7 Å². The summed E-state index contributed by atoms with van der Waals surface area (Å²) < 4.78 is 5.52. The first kappa shape index (κ1) is 11.7. The summed E-state index contributed by atoms with van der Waals surface area (Å²) in [6, 6.07) is 3.60. The van der Waals surface area contributed by atoms with Crippen LogP contribution < -0.4 is 4.74 Å². The van der Waals surface area contributed by atoms with Gasteiger partial charge < -0.3 is 4.74 Å². The van der Waals surface area contributed by atoms with Crippen LogP contribution in [0, 0.1) is 6.92 Å². The highest BCUT2D eigenvalue weighted by Gasteiger charge is 2.05. The minimum atomic E-state index is 0.580. The smallest absolute Gasteiger partial charge is 0.138 e. The van der Waals surface area contributed by atoms with Gasteiger partial charge in [-0.05, 0) is 31.0 Å². The molecule has 0 saturated carbocycles. The van der Waals surface area contributed by atoms with Gasteiger partial charge in [-0.2, -0.15) is 0 Å². The van der Waals surface area contributed by atoms with Crippen LogP contribution in [0.5, 0.6) is 5.75 Å². The average molecular weight is 233 g/mol. The van der Waals surface area contributed by atoms with Gasteiger partial charge in [0.15, 0.2) is 0 Å². The molecule has 14 heavy (non-hydrogen) atoms. The number of unbranched alkanes of at least 4 members (excludes halogenated alkanes) is 1. The Labute approximate surface area is 95.0 Å². The summed E-state index contributed by atoms with van der Waals surface area (Å²) in [7, 11) is 0. The average Bonchev–Trinajstić information content (AvgIpc) is 2.14. The van der Waals surface area contributed by atoms with Crippen molar-refractivity contribution in [3.8, 4) is 5.75 Å². The summed E-state index contributed by atoms with van der Waals surface area (Å²) >= 11 is 11.9. The van der Waals surface area contributed by atoms with Crippen LogP contribution in [0.15, 0.2) is 12.1 Å². The molecule has 0 atom stereocenters. The second kappa shape index (κ2) is 5.47. The Morgan fingerprint density at radius 3 is 2.57 bits per heavy atom. The summed E-state index contributed by atoms with van der Waals surface area (Å²) in [6.45, 7) is 4.76. The van der Waals surface area contributed by atoms with Crippen LogP contribution in [-0.2, 0) is 0 Å². The number of rotatable bonds is 4. The number of ether oxygens (including phenoxy) is 1. The van der Waals surface area contributed by atoms with Gasteiger partial charge >= 0.3 is 0 Å². The maximum atomic E-state index is 5.97. The molecule has 0 aliphatic rings. The molecule has 1 rings (SSSR count). The minimum absolute atomic E-state index is 0.580. The van der Waals surface area contributed by atoms with E-state index in [1.165, 1.54) is 0 Å². The third kappa shape index (κ3) is 3.07. The van der Waals surface area contributed by atoms with Gasteiger partial charge in [0.25, 0.3) is 0 Å². The van der Waals surface area contributed by atoms with Crippen molar-refractivity contribution in [2.75, 3.05) is 6.61 Å². The summed E-state index contributed by atoms with van der Waals surface area (Å²) in [6.07, 6.45) is 2.15. The fourth-order valence-corrected chi connectivity index (χ4v) is 1.51. The lowest BCUT2D eigenvalue weighted by atomic mass is 10.2. The second-order valence-electron chi connectivity index (χ2n) is 3.23. The Kier molecular flexibility index (Phi) is 4.56. The van der Waals surface area contributed by atoms with Crippen LogP contribution in [0.3, 0.4) is 0 Å². The van der Waals surface area contributed by atoms with Crippen LogP contribution in [0.1, 0.15) is 25.3 Å². The van der Waals surface area contributed by atoms with Gasteiger partial charge in [-0.1, -0.05) is 36.5 Å². The van der Waals surface area contributed by atoms with Gasteiger partial charge in [0, 0.05) is 5.02 Å². The fraction of sp³-hybridized carbons (Fsp3) is 0.455. The van der Waals surface area contributed by atoms with Crippen LogP contribution in [0.4, 0.5) is 0 Å². The molecule has 0 amide bonds. The molecule has 0 saturated heterocycles. The van der Waals surface area contributed by atoms with E-state index in [0.717, 1.165) is 24.2 Å². The minimum Gasteiger partial charge on any atom is -0.492 e. The molecular weight excluding hydrogens is 219 g/mol. The van der Waals surface area contributed by atoms with Crippen LogP contribution >= 0.6 is 23.2 Å². The molecule has 0 bridgehead atoms. The summed E-state index contributed by atoms with van der Waals surface area (Å²) in [4.78, 5) is 0. The standard InChI is InChI=1S/C11H14Cl2O/c1-3-4-5-14-11-6-8(2)9(12)7-10(11)13/h6-7H,3-5H2,1-2H3. The molecule has 1 aromatic carbocycles. The van der Waals surface area contributed by atoms with Crippen molar-refractivity contribution in [3.05, 3.63) is 27.7 Å². The van der Waals surface area contributed by atoms with Crippen molar-refractivity contribution in [2.45, 2.75) is 26.7 Å². The number of hydrogen-bond donors (Lipinski definition) is 0. The van der Waals surface area contributed by atoms with E-state index in [2.05, 4.69) is 6.92 Å². The molecule has 0 aliphatic heterocycles. The normalized spacial score (nSPS) is 10.3. The van der Waals surface area contributed by atoms with Crippen molar-refractivity contribution in [3.63, 3.8) is 0 Å². The first-order valence-corrected chi connectivity index (χ1v) is 5.49. The van der Waals surface area contributed by atoms with Gasteiger partial charge in [-0.3, -0.25) is 0 Å². The zero-order valence-corrected chi connectivity index (χ0v) is 9.95. The molecule has 0 spiro atoms. The SMILES string of the molecule is CCCCOc1cc(C)c(Cl)cc1Cl. The van der Waals surface area contributed by atoms with Gasteiger partial charge in [0.05, 0.1) is 11.6 Å². The largest absolute Gasteiger partial charge is 0.492 e. The number of benzene rings is 1. The highest BCUT2D eigenvalue weighted by atomic mass is 35.5. The first-order valence-electron chi connectivity index (χ1n) is 4.73. The van der Waals surface area contributed by atoms with Crippen molar-refractivity contribution >= 4 is 23.2 Å². The molecule has 0 heterocycles. The Hall–Kier alpha value is -0.400. The number of halogens is 2. The van der Waals surface area contributed by atoms with E-state index in [1.54, 1.807) is 6.07 Å². The Bertz CT molecular complexity index is 310. The maximum absolute atomic E-state index is 5.97. The molecule has 1 nitrogen and oxygen atoms in total. The zero-order valence-electron chi connectivity index (χ0n) is 8.44. The monoisotopic (exact) mass is 232 g/mol. The van der Waals surface area contributed by atoms with Gasteiger partial charge in [0.2, 0.25) is 0 Å². The van der Waals surface area contributed by atoms with Gasteiger partial charge in [-0.15, -0.1) is 0 Å². The molecule has 0 N–H and O–H groups in total. The Morgan fingerprint density at radius 1 is 1.21 bits per heavy atom. The van der Waals surface area contributed by atoms with Crippen molar-refractivity contribution < 1.29 is 4.74 Å². The van der Waals surface area contributed by atoms with Crippen LogP contribution in [0.25, 0.3) is 0 Å². The lowest BCUT2D eigenvalue weighted by molar-refractivity contribution is 0.309. The molecule has 78 valence electrons. The molecule has 3 heteroatoms. The molecular formula is C11H14Cl2O. The first-order chi connectivity index (χ1) is 6.65. The van der Waals surface area contributed by atoms with Crippen molar-refractivity contribution in [1.29, 1.82) is 0 Å².